The van der Waals surface area contributed by atoms with Crippen LogP contribution in [0, 0.1) is 5.92 Å². The summed E-state index contributed by atoms with van der Waals surface area (Å²) in [7, 11) is 0. The molecule has 2 atom stereocenters. The van der Waals surface area contributed by atoms with E-state index in [1.165, 1.54) is 0 Å². The molecule has 5 nitrogen and oxygen atoms in total. The fourth-order valence-electron chi connectivity index (χ4n) is 2.34. The summed E-state index contributed by atoms with van der Waals surface area (Å²) in [5.41, 5.74) is 0.947. The molecule has 0 amide bonds. The van der Waals surface area contributed by atoms with Gasteiger partial charge in [0, 0.05) is 16.9 Å². The second-order valence-electron chi connectivity index (χ2n) is 4.51. The number of nitrogens with zero attached hydrogens (tertiary/aromatic N) is 2. The topological polar surface area (TPSA) is 76.2 Å². The first-order valence-electron chi connectivity index (χ1n) is 5.83. The molecular formula is C12H12N2O3S. The highest BCUT2D eigenvalue weighted by Crippen LogP contribution is 2.38. The summed E-state index contributed by atoms with van der Waals surface area (Å²) in [6, 6.07) is 1.94. The number of hydrogen-bond acceptors (Lipinski definition) is 5. The molecule has 0 aliphatic heterocycles. The third-order valence-corrected chi connectivity index (χ3v) is 4.04. The zero-order chi connectivity index (χ0) is 12.5. The molecule has 0 spiro atoms. The van der Waals surface area contributed by atoms with E-state index >= 15 is 0 Å². The molecular weight excluding hydrogens is 252 g/mol. The molecule has 1 aliphatic rings. The molecule has 1 N–H and O–H groups in total. The molecule has 0 saturated heterocycles. The summed E-state index contributed by atoms with van der Waals surface area (Å²) in [4.78, 5) is 15.3. The van der Waals surface area contributed by atoms with E-state index in [2.05, 4.69) is 10.1 Å². The number of carboxylic acids is 1. The van der Waals surface area contributed by atoms with Crippen molar-refractivity contribution >= 4 is 17.3 Å². The number of thiophene rings is 1. The van der Waals surface area contributed by atoms with Gasteiger partial charge in [-0.25, -0.2) is 0 Å². The van der Waals surface area contributed by atoms with Crippen LogP contribution in [0.3, 0.4) is 0 Å². The van der Waals surface area contributed by atoms with Gasteiger partial charge in [-0.05, 0) is 30.7 Å². The second-order valence-corrected chi connectivity index (χ2v) is 5.29. The Bertz CT molecular complexity index is 549. The van der Waals surface area contributed by atoms with E-state index in [9.17, 15) is 4.79 Å². The molecule has 3 rings (SSSR count). The number of aromatic nitrogens is 2. The number of hydrogen-bond donors (Lipinski definition) is 1. The average Bonchev–Trinajstić information content (AvgIpc) is 3.10. The van der Waals surface area contributed by atoms with Crippen LogP contribution in [0.2, 0.25) is 0 Å². The molecule has 2 unspecified atom stereocenters. The Labute approximate surface area is 107 Å². The maximum absolute atomic E-state index is 10.9. The van der Waals surface area contributed by atoms with Crippen molar-refractivity contribution in [3.63, 3.8) is 0 Å². The molecule has 0 bridgehead atoms. The Morgan fingerprint density at radius 1 is 1.50 bits per heavy atom. The monoisotopic (exact) mass is 264 g/mol. The number of rotatable bonds is 3. The highest BCUT2D eigenvalue weighted by atomic mass is 32.1. The van der Waals surface area contributed by atoms with E-state index in [1.54, 1.807) is 11.3 Å². The minimum Gasteiger partial charge on any atom is -0.481 e. The first-order chi connectivity index (χ1) is 8.74. The van der Waals surface area contributed by atoms with E-state index in [0.29, 0.717) is 24.6 Å². The smallest absolute Gasteiger partial charge is 0.306 e. The lowest BCUT2D eigenvalue weighted by molar-refractivity contribution is -0.141. The van der Waals surface area contributed by atoms with Gasteiger partial charge in [-0.3, -0.25) is 4.79 Å². The number of carboxylic acid groups (broad SMARTS) is 1. The minimum atomic E-state index is -0.727. The Kier molecular flexibility index (Phi) is 2.87. The highest BCUT2D eigenvalue weighted by molar-refractivity contribution is 7.08. The van der Waals surface area contributed by atoms with Gasteiger partial charge in [0.2, 0.25) is 11.7 Å². The van der Waals surface area contributed by atoms with Gasteiger partial charge in [-0.2, -0.15) is 16.3 Å². The van der Waals surface area contributed by atoms with Crippen molar-refractivity contribution in [2.75, 3.05) is 0 Å². The van der Waals surface area contributed by atoms with Crippen LogP contribution in [-0.4, -0.2) is 21.2 Å². The summed E-state index contributed by atoms with van der Waals surface area (Å²) in [6.45, 7) is 0. The lowest BCUT2D eigenvalue weighted by Crippen LogP contribution is -2.09. The third-order valence-electron chi connectivity index (χ3n) is 3.35. The molecule has 6 heteroatoms. The Hall–Kier alpha value is -1.69. The van der Waals surface area contributed by atoms with Gasteiger partial charge in [-0.15, -0.1) is 0 Å². The lowest BCUT2D eigenvalue weighted by atomic mass is 10.1. The van der Waals surface area contributed by atoms with Crippen LogP contribution in [0.25, 0.3) is 11.4 Å². The van der Waals surface area contributed by atoms with E-state index in [0.717, 1.165) is 12.0 Å². The highest BCUT2D eigenvalue weighted by Gasteiger charge is 2.33. The molecule has 94 valence electrons. The van der Waals surface area contributed by atoms with Crippen LogP contribution in [0.15, 0.2) is 21.3 Å². The van der Waals surface area contributed by atoms with Crippen molar-refractivity contribution < 1.29 is 14.4 Å². The van der Waals surface area contributed by atoms with Crippen LogP contribution in [-0.2, 0) is 4.79 Å². The Morgan fingerprint density at radius 2 is 2.39 bits per heavy atom. The van der Waals surface area contributed by atoms with Crippen LogP contribution in [0.5, 0.6) is 0 Å². The molecule has 18 heavy (non-hydrogen) atoms. The zero-order valence-corrected chi connectivity index (χ0v) is 10.4. The van der Waals surface area contributed by atoms with E-state index < -0.39 is 5.97 Å². The third kappa shape index (κ3) is 2.03. The van der Waals surface area contributed by atoms with Crippen molar-refractivity contribution in [1.82, 2.24) is 10.1 Å². The first-order valence-corrected chi connectivity index (χ1v) is 6.77. The van der Waals surface area contributed by atoms with Gasteiger partial charge in [0.05, 0.1) is 5.92 Å². The zero-order valence-electron chi connectivity index (χ0n) is 9.57. The van der Waals surface area contributed by atoms with E-state index in [-0.39, 0.29) is 11.8 Å². The van der Waals surface area contributed by atoms with E-state index in [1.807, 2.05) is 16.8 Å². The maximum atomic E-state index is 10.9. The van der Waals surface area contributed by atoms with Gasteiger partial charge in [0.25, 0.3) is 0 Å². The lowest BCUT2D eigenvalue weighted by Gasteiger charge is -2.02. The normalized spacial score (nSPS) is 23.3. The second kappa shape index (κ2) is 4.53. The van der Waals surface area contributed by atoms with Crippen molar-refractivity contribution in [2.24, 2.45) is 5.92 Å². The van der Waals surface area contributed by atoms with Crippen molar-refractivity contribution in [3.05, 3.63) is 22.7 Å². The van der Waals surface area contributed by atoms with Crippen molar-refractivity contribution in [1.29, 1.82) is 0 Å². The Balaban J connectivity index is 1.77. The van der Waals surface area contributed by atoms with E-state index in [4.69, 9.17) is 9.63 Å². The van der Waals surface area contributed by atoms with Gasteiger partial charge in [0.1, 0.15) is 0 Å². The fraction of sp³-hybridized carbons (Fsp3) is 0.417. The van der Waals surface area contributed by atoms with Crippen LogP contribution >= 0.6 is 11.3 Å². The van der Waals surface area contributed by atoms with Gasteiger partial charge >= 0.3 is 5.97 Å². The minimum absolute atomic E-state index is 0.0889. The van der Waals surface area contributed by atoms with Crippen LogP contribution in [0.1, 0.15) is 31.1 Å². The quantitative estimate of drug-likeness (QED) is 0.922. The summed E-state index contributed by atoms with van der Waals surface area (Å²) in [5, 5.41) is 16.8. The van der Waals surface area contributed by atoms with Gasteiger partial charge < -0.3 is 9.63 Å². The van der Waals surface area contributed by atoms with Crippen LogP contribution in [0.4, 0.5) is 0 Å². The number of carbonyl (C=O) groups is 1. The fourth-order valence-corrected chi connectivity index (χ4v) is 2.97. The molecule has 0 radical (unpaired) electrons. The van der Waals surface area contributed by atoms with Gasteiger partial charge in [-0.1, -0.05) is 5.16 Å². The Morgan fingerprint density at radius 3 is 3.06 bits per heavy atom. The summed E-state index contributed by atoms with van der Waals surface area (Å²) in [5.74, 6) is 0.248. The molecule has 1 fully saturated rings. The van der Waals surface area contributed by atoms with Crippen LogP contribution < -0.4 is 0 Å². The summed E-state index contributed by atoms with van der Waals surface area (Å²) < 4.78 is 5.25. The standard InChI is InChI=1S/C12H12N2O3S/c15-12(16)8-2-1-7(5-8)11-13-10(14-17-11)9-3-4-18-6-9/h3-4,6-8H,1-2,5H2,(H,15,16). The molecule has 1 saturated carbocycles. The molecule has 1 aliphatic carbocycles. The first kappa shape index (κ1) is 11.4. The summed E-state index contributed by atoms with van der Waals surface area (Å²) in [6.07, 6.45) is 2.10. The molecule has 0 aromatic carbocycles. The van der Waals surface area contributed by atoms with Gasteiger partial charge in [0.15, 0.2) is 0 Å². The van der Waals surface area contributed by atoms with Crippen molar-refractivity contribution in [3.8, 4) is 11.4 Å². The predicted octanol–water partition coefficient (Wildman–Crippen LogP) is 2.77. The summed E-state index contributed by atoms with van der Waals surface area (Å²) >= 11 is 1.58. The molecule has 2 heterocycles. The molecule has 2 aromatic heterocycles. The number of aliphatic carboxylic acids is 1. The molecule has 2 aromatic rings. The largest absolute Gasteiger partial charge is 0.481 e. The van der Waals surface area contributed by atoms with Crippen molar-refractivity contribution in [2.45, 2.75) is 25.2 Å². The predicted molar refractivity (Wildman–Crippen MR) is 65.3 cm³/mol. The maximum Gasteiger partial charge on any atom is 0.306 e. The average molecular weight is 264 g/mol. The SMILES string of the molecule is O=C(O)C1CCC(c2nc(-c3ccsc3)no2)C1.